The van der Waals surface area contributed by atoms with E-state index in [1.165, 1.54) is 5.56 Å². The number of H-pyrrole nitrogens is 1. The van der Waals surface area contributed by atoms with Crippen LogP contribution >= 0.6 is 0 Å². The molecule has 1 amide bonds. The van der Waals surface area contributed by atoms with Crippen LogP contribution in [0.4, 0.5) is 0 Å². The van der Waals surface area contributed by atoms with Crippen LogP contribution in [-0.4, -0.2) is 17.4 Å². The minimum atomic E-state index is -0.0497. The molecule has 2 N–H and O–H groups in total. The molecular formula is C12H14N2O. The highest BCUT2D eigenvalue weighted by Gasteiger charge is 2.07. The predicted octanol–water partition coefficient (Wildman–Crippen LogP) is 2.23. The minimum Gasteiger partial charge on any atom is -0.351 e. The van der Waals surface area contributed by atoms with E-state index in [-0.39, 0.29) is 5.91 Å². The van der Waals surface area contributed by atoms with Crippen molar-refractivity contribution >= 4 is 16.8 Å². The Morgan fingerprint density at radius 2 is 2.20 bits per heavy atom. The molecule has 0 bridgehead atoms. The van der Waals surface area contributed by atoms with E-state index >= 15 is 0 Å². The second kappa shape index (κ2) is 3.77. The number of carbonyl (C=O) groups excluding carboxylic acids is 1. The first-order valence-corrected chi connectivity index (χ1v) is 5.08. The number of nitrogens with one attached hydrogen (secondary N) is 2. The first kappa shape index (κ1) is 9.77. The van der Waals surface area contributed by atoms with Gasteiger partial charge in [-0.15, -0.1) is 0 Å². The van der Waals surface area contributed by atoms with Crippen LogP contribution in [0, 0.1) is 6.92 Å². The second-order valence-corrected chi connectivity index (χ2v) is 3.63. The van der Waals surface area contributed by atoms with Crippen molar-refractivity contribution < 1.29 is 4.79 Å². The van der Waals surface area contributed by atoms with Gasteiger partial charge in [0.1, 0.15) is 5.69 Å². The van der Waals surface area contributed by atoms with Gasteiger partial charge in [0.2, 0.25) is 0 Å². The molecule has 0 aliphatic carbocycles. The lowest BCUT2D eigenvalue weighted by Gasteiger charge is -1.97. The van der Waals surface area contributed by atoms with Crippen molar-refractivity contribution in [3.05, 3.63) is 35.5 Å². The summed E-state index contributed by atoms with van der Waals surface area (Å²) < 4.78 is 0. The van der Waals surface area contributed by atoms with Crippen LogP contribution in [0.25, 0.3) is 10.9 Å². The summed E-state index contributed by atoms with van der Waals surface area (Å²) in [5.41, 5.74) is 2.82. The maximum Gasteiger partial charge on any atom is 0.267 e. The number of rotatable bonds is 2. The van der Waals surface area contributed by atoms with Crippen LogP contribution < -0.4 is 5.32 Å². The predicted molar refractivity (Wildman–Crippen MR) is 61.0 cm³/mol. The van der Waals surface area contributed by atoms with Crippen molar-refractivity contribution in [2.75, 3.05) is 6.54 Å². The number of aryl methyl sites for hydroxylation is 1. The Bertz CT molecular complexity index is 499. The van der Waals surface area contributed by atoms with Gasteiger partial charge in [-0.3, -0.25) is 4.79 Å². The molecule has 3 heteroatoms. The summed E-state index contributed by atoms with van der Waals surface area (Å²) in [5, 5.41) is 3.84. The summed E-state index contributed by atoms with van der Waals surface area (Å²) in [7, 11) is 0. The van der Waals surface area contributed by atoms with E-state index in [0.717, 1.165) is 10.9 Å². The van der Waals surface area contributed by atoms with Crippen LogP contribution in [0.3, 0.4) is 0 Å². The van der Waals surface area contributed by atoms with E-state index in [1.807, 2.05) is 38.1 Å². The Balaban J connectivity index is 2.42. The van der Waals surface area contributed by atoms with E-state index in [0.29, 0.717) is 12.2 Å². The van der Waals surface area contributed by atoms with Gasteiger partial charge < -0.3 is 10.3 Å². The highest BCUT2D eigenvalue weighted by molar-refractivity contribution is 5.98. The van der Waals surface area contributed by atoms with Crippen LogP contribution in [0.2, 0.25) is 0 Å². The summed E-state index contributed by atoms with van der Waals surface area (Å²) >= 11 is 0. The quantitative estimate of drug-likeness (QED) is 0.770. The maximum absolute atomic E-state index is 11.6. The smallest absolute Gasteiger partial charge is 0.267 e. The molecular weight excluding hydrogens is 188 g/mol. The summed E-state index contributed by atoms with van der Waals surface area (Å²) in [6, 6.07) is 7.97. The molecule has 1 heterocycles. The van der Waals surface area contributed by atoms with Gasteiger partial charge in [0, 0.05) is 17.4 Å². The number of amides is 1. The minimum absolute atomic E-state index is 0.0497. The molecule has 0 aliphatic rings. The van der Waals surface area contributed by atoms with E-state index < -0.39 is 0 Å². The van der Waals surface area contributed by atoms with Gasteiger partial charge in [-0.2, -0.15) is 0 Å². The Labute approximate surface area is 88.5 Å². The highest BCUT2D eigenvalue weighted by atomic mass is 16.1. The van der Waals surface area contributed by atoms with Crippen molar-refractivity contribution in [2.45, 2.75) is 13.8 Å². The molecule has 0 spiro atoms. The number of benzene rings is 1. The van der Waals surface area contributed by atoms with E-state index in [2.05, 4.69) is 10.3 Å². The monoisotopic (exact) mass is 202 g/mol. The zero-order valence-corrected chi connectivity index (χ0v) is 8.92. The number of fused-ring (bicyclic) bond motifs is 1. The molecule has 15 heavy (non-hydrogen) atoms. The summed E-state index contributed by atoms with van der Waals surface area (Å²) in [6.07, 6.45) is 0. The van der Waals surface area contributed by atoms with Crippen LogP contribution in [0.15, 0.2) is 24.3 Å². The zero-order chi connectivity index (χ0) is 10.8. The van der Waals surface area contributed by atoms with E-state index in [1.54, 1.807) is 0 Å². The van der Waals surface area contributed by atoms with Crippen molar-refractivity contribution in [1.29, 1.82) is 0 Å². The number of hydrogen-bond acceptors (Lipinski definition) is 1. The summed E-state index contributed by atoms with van der Waals surface area (Å²) in [6.45, 7) is 4.59. The molecule has 1 aromatic carbocycles. The first-order chi connectivity index (χ1) is 7.20. The van der Waals surface area contributed by atoms with Gasteiger partial charge in [0.15, 0.2) is 0 Å². The fraction of sp³-hybridized carbons (Fsp3) is 0.250. The van der Waals surface area contributed by atoms with E-state index in [9.17, 15) is 4.79 Å². The fourth-order valence-electron chi connectivity index (χ4n) is 1.62. The number of carbonyl (C=O) groups is 1. The Hall–Kier alpha value is -1.77. The van der Waals surface area contributed by atoms with Gasteiger partial charge in [-0.25, -0.2) is 0 Å². The molecule has 1 aromatic heterocycles. The lowest BCUT2D eigenvalue weighted by Crippen LogP contribution is -2.22. The number of aromatic nitrogens is 1. The van der Waals surface area contributed by atoms with Crippen molar-refractivity contribution in [3.8, 4) is 0 Å². The molecule has 0 saturated carbocycles. The van der Waals surface area contributed by atoms with Gasteiger partial charge in [-0.05, 0) is 31.5 Å². The first-order valence-electron chi connectivity index (χ1n) is 5.08. The number of aromatic amines is 1. The van der Waals surface area contributed by atoms with Gasteiger partial charge >= 0.3 is 0 Å². The van der Waals surface area contributed by atoms with Crippen LogP contribution in [-0.2, 0) is 0 Å². The molecule has 3 nitrogen and oxygen atoms in total. The third-order valence-corrected chi connectivity index (χ3v) is 2.36. The molecule has 2 aromatic rings. The second-order valence-electron chi connectivity index (χ2n) is 3.63. The Kier molecular flexibility index (Phi) is 2.46. The summed E-state index contributed by atoms with van der Waals surface area (Å²) in [5.74, 6) is -0.0497. The molecule has 0 radical (unpaired) electrons. The third-order valence-electron chi connectivity index (χ3n) is 2.36. The van der Waals surface area contributed by atoms with Gasteiger partial charge in [-0.1, -0.05) is 12.1 Å². The van der Waals surface area contributed by atoms with Crippen molar-refractivity contribution in [3.63, 3.8) is 0 Å². The standard InChI is InChI=1S/C12H14N2O/c1-3-13-12(15)11-7-9-5-4-8(2)6-10(9)14-11/h4-7,14H,3H2,1-2H3,(H,13,15). The largest absolute Gasteiger partial charge is 0.351 e. The lowest BCUT2D eigenvalue weighted by molar-refractivity contribution is 0.0951. The zero-order valence-electron chi connectivity index (χ0n) is 8.92. The summed E-state index contributed by atoms with van der Waals surface area (Å²) in [4.78, 5) is 14.7. The third kappa shape index (κ3) is 1.86. The Morgan fingerprint density at radius 3 is 2.93 bits per heavy atom. The van der Waals surface area contributed by atoms with Gasteiger partial charge in [0.05, 0.1) is 0 Å². The molecule has 0 aliphatic heterocycles. The molecule has 2 rings (SSSR count). The molecule has 0 fully saturated rings. The number of hydrogen-bond donors (Lipinski definition) is 2. The fourth-order valence-corrected chi connectivity index (χ4v) is 1.62. The average Bonchev–Trinajstić information content (AvgIpc) is 2.60. The lowest BCUT2D eigenvalue weighted by atomic mass is 10.2. The van der Waals surface area contributed by atoms with Crippen LogP contribution in [0.5, 0.6) is 0 Å². The van der Waals surface area contributed by atoms with Crippen molar-refractivity contribution in [2.24, 2.45) is 0 Å². The molecule has 78 valence electrons. The Morgan fingerprint density at radius 1 is 1.40 bits per heavy atom. The molecule has 0 unspecified atom stereocenters. The average molecular weight is 202 g/mol. The van der Waals surface area contributed by atoms with Crippen LogP contribution in [0.1, 0.15) is 23.0 Å². The van der Waals surface area contributed by atoms with E-state index in [4.69, 9.17) is 0 Å². The highest BCUT2D eigenvalue weighted by Crippen LogP contribution is 2.16. The van der Waals surface area contributed by atoms with Crippen molar-refractivity contribution in [1.82, 2.24) is 10.3 Å². The topological polar surface area (TPSA) is 44.9 Å². The molecule has 0 atom stereocenters. The maximum atomic E-state index is 11.6. The normalized spacial score (nSPS) is 10.5. The SMILES string of the molecule is CCNC(=O)c1cc2ccc(C)cc2[nH]1. The molecule has 0 saturated heterocycles. The van der Waals surface area contributed by atoms with Gasteiger partial charge in [0.25, 0.3) is 5.91 Å².